The second kappa shape index (κ2) is 7.62. The summed E-state index contributed by atoms with van der Waals surface area (Å²) in [5.74, 6) is -0.585. The number of fused-ring (bicyclic) bond motifs is 1. The van der Waals surface area contributed by atoms with E-state index < -0.39 is 0 Å². The van der Waals surface area contributed by atoms with Gasteiger partial charge in [-0.05, 0) is 24.0 Å². The molecule has 2 aromatic rings. The van der Waals surface area contributed by atoms with E-state index in [1.807, 2.05) is 36.4 Å². The van der Waals surface area contributed by atoms with Gasteiger partial charge >= 0.3 is 0 Å². The van der Waals surface area contributed by atoms with Crippen molar-refractivity contribution in [2.75, 3.05) is 0 Å². The normalized spacial score (nSPS) is 29.9. The Labute approximate surface area is 172 Å². The highest BCUT2D eigenvalue weighted by atomic mass is 16.2. The van der Waals surface area contributed by atoms with Gasteiger partial charge in [-0.15, -0.1) is 0 Å². The van der Waals surface area contributed by atoms with Gasteiger partial charge in [-0.2, -0.15) is 0 Å². The van der Waals surface area contributed by atoms with Crippen LogP contribution in [0.4, 0.5) is 0 Å². The topological polar surface area (TPSA) is 37.4 Å². The predicted molar refractivity (Wildman–Crippen MR) is 113 cm³/mol. The van der Waals surface area contributed by atoms with E-state index in [0.29, 0.717) is 0 Å². The number of likely N-dealkylation sites (tertiary alicyclic amines) is 1. The molecule has 0 spiro atoms. The first-order chi connectivity index (χ1) is 14.3. The van der Waals surface area contributed by atoms with Gasteiger partial charge in [0.15, 0.2) is 0 Å². The average molecular weight is 386 g/mol. The number of hydrogen-bond acceptors (Lipinski definition) is 2. The van der Waals surface area contributed by atoms with Gasteiger partial charge in [0.2, 0.25) is 11.8 Å². The Morgan fingerprint density at radius 2 is 1.07 bits per heavy atom. The third-order valence-electron chi connectivity index (χ3n) is 7.04. The molecule has 3 nitrogen and oxygen atoms in total. The van der Waals surface area contributed by atoms with Gasteiger partial charge in [0.1, 0.15) is 0 Å². The molecular weight excluding hydrogens is 358 g/mol. The molecule has 3 heteroatoms. The van der Waals surface area contributed by atoms with Gasteiger partial charge in [0, 0.05) is 17.9 Å². The summed E-state index contributed by atoms with van der Waals surface area (Å²) in [5, 5.41) is 0. The van der Waals surface area contributed by atoms with Gasteiger partial charge < -0.3 is 0 Å². The molecule has 0 bridgehead atoms. The number of carbonyl (C=O) groups is 2. The number of carbonyl (C=O) groups excluding carboxylic acids is 2. The Morgan fingerprint density at radius 3 is 1.52 bits per heavy atom. The van der Waals surface area contributed by atoms with Crippen LogP contribution in [-0.2, 0) is 9.59 Å². The minimum Gasteiger partial charge on any atom is -0.279 e. The van der Waals surface area contributed by atoms with Crippen molar-refractivity contribution >= 4 is 11.8 Å². The first-order valence-corrected chi connectivity index (χ1v) is 10.9. The maximum Gasteiger partial charge on any atom is 0.234 e. The van der Waals surface area contributed by atoms with E-state index in [-0.39, 0.29) is 41.5 Å². The summed E-state index contributed by atoms with van der Waals surface area (Å²) in [6, 6.07) is 20.5. The molecule has 5 rings (SSSR count). The molecule has 1 saturated carbocycles. The summed E-state index contributed by atoms with van der Waals surface area (Å²) < 4.78 is 0. The predicted octanol–water partition coefficient (Wildman–Crippen LogP) is 5.06. The van der Waals surface area contributed by atoms with Crippen LogP contribution >= 0.6 is 0 Å². The largest absolute Gasteiger partial charge is 0.279 e. The fourth-order valence-corrected chi connectivity index (χ4v) is 5.66. The molecule has 2 amide bonds. The number of nitrogens with zero attached hydrogens (tertiary/aromatic N) is 1. The first kappa shape index (κ1) is 18.4. The van der Waals surface area contributed by atoms with Crippen LogP contribution in [0.2, 0.25) is 0 Å². The molecule has 2 fully saturated rings. The Kier molecular flexibility index (Phi) is 4.83. The zero-order valence-corrected chi connectivity index (χ0v) is 16.6. The Balaban J connectivity index is 1.58. The standard InChI is InChI=1S/C26H27NO2/c28-25-23-21(18-10-4-1-5-11-18)16-17-22(19-12-6-2-7-13-19)24(23)26(29)27(25)20-14-8-3-9-15-20/h1-2,4-7,10-13,16-17,20-24H,3,8-9,14-15H2/t21-,22+,23-,24-/m1/s1. The van der Waals surface area contributed by atoms with E-state index in [2.05, 4.69) is 36.4 Å². The molecule has 0 N–H and O–H groups in total. The summed E-state index contributed by atoms with van der Waals surface area (Å²) in [6.07, 6.45) is 9.68. The summed E-state index contributed by atoms with van der Waals surface area (Å²) in [7, 11) is 0. The molecule has 0 radical (unpaired) electrons. The smallest absolute Gasteiger partial charge is 0.234 e. The quantitative estimate of drug-likeness (QED) is 0.547. The van der Waals surface area contributed by atoms with Crippen molar-refractivity contribution in [2.45, 2.75) is 50.0 Å². The van der Waals surface area contributed by atoms with E-state index in [4.69, 9.17) is 0 Å². The lowest BCUT2D eigenvalue weighted by Gasteiger charge is -2.32. The molecule has 0 unspecified atom stereocenters. The van der Waals surface area contributed by atoms with Crippen molar-refractivity contribution in [3.63, 3.8) is 0 Å². The summed E-state index contributed by atoms with van der Waals surface area (Å²) in [4.78, 5) is 29.0. The molecular formula is C26H27NO2. The van der Waals surface area contributed by atoms with Crippen molar-refractivity contribution in [3.8, 4) is 0 Å². The Hall–Kier alpha value is -2.68. The van der Waals surface area contributed by atoms with Gasteiger partial charge in [0.25, 0.3) is 0 Å². The van der Waals surface area contributed by atoms with Crippen LogP contribution in [-0.4, -0.2) is 22.8 Å². The van der Waals surface area contributed by atoms with Crippen LogP contribution in [0.3, 0.4) is 0 Å². The molecule has 0 aromatic heterocycles. The number of allylic oxidation sites excluding steroid dienone is 2. The van der Waals surface area contributed by atoms with E-state index in [1.165, 1.54) is 6.42 Å². The first-order valence-electron chi connectivity index (χ1n) is 10.9. The molecule has 1 saturated heterocycles. The van der Waals surface area contributed by atoms with Crippen molar-refractivity contribution in [1.82, 2.24) is 4.90 Å². The minimum absolute atomic E-state index is 0.0359. The van der Waals surface area contributed by atoms with Crippen LogP contribution in [0.25, 0.3) is 0 Å². The average Bonchev–Trinajstić information content (AvgIpc) is 3.06. The third kappa shape index (κ3) is 3.13. The molecule has 2 aliphatic carbocycles. The number of rotatable bonds is 3. The SMILES string of the molecule is O=C1[C@H]2[C@H](C(=O)N1C1CCCCC1)[C@H](c1ccccc1)C=C[C@@H]2c1ccccc1. The molecule has 148 valence electrons. The minimum atomic E-state index is -0.304. The van der Waals surface area contributed by atoms with Gasteiger partial charge in [-0.1, -0.05) is 92.1 Å². The van der Waals surface area contributed by atoms with E-state index >= 15 is 0 Å². The lowest BCUT2D eigenvalue weighted by Crippen LogP contribution is -2.42. The van der Waals surface area contributed by atoms with Crippen LogP contribution in [0.5, 0.6) is 0 Å². The van der Waals surface area contributed by atoms with Crippen LogP contribution in [0, 0.1) is 11.8 Å². The van der Waals surface area contributed by atoms with Gasteiger partial charge in [0.05, 0.1) is 11.8 Å². The molecule has 3 aliphatic rings. The number of amides is 2. The zero-order chi connectivity index (χ0) is 19.8. The molecule has 2 aromatic carbocycles. The van der Waals surface area contributed by atoms with Crippen molar-refractivity contribution in [2.24, 2.45) is 11.8 Å². The van der Waals surface area contributed by atoms with Crippen LogP contribution in [0.1, 0.15) is 55.1 Å². The zero-order valence-electron chi connectivity index (χ0n) is 16.6. The molecule has 29 heavy (non-hydrogen) atoms. The Morgan fingerprint density at radius 1 is 0.621 bits per heavy atom. The lowest BCUT2D eigenvalue weighted by molar-refractivity contribution is -0.143. The van der Waals surface area contributed by atoms with Crippen molar-refractivity contribution in [3.05, 3.63) is 83.9 Å². The molecule has 4 atom stereocenters. The molecule has 1 aliphatic heterocycles. The summed E-state index contributed by atoms with van der Waals surface area (Å²) in [6.45, 7) is 0. The monoisotopic (exact) mass is 385 g/mol. The van der Waals surface area contributed by atoms with Gasteiger partial charge in [-0.3, -0.25) is 14.5 Å². The van der Waals surface area contributed by atoms with Crippen LogP contribution in [0.15, 0.2) is 72.8 Å². The van der Waals surface area contributed by atoms with E-state index in [0.717, 1.165) is 36.8 Å². The summed E-state index contributed by atoms with van der Waals surface area (Å²) >= 11 is 0. The fourth-order valence-electron chi connectivity index (χ4n) is 5.66. The number of benzene rings is 2. The highest BCUT2D eigenvalue weighted by molar-refractivity contribution is 6.07. The van der Waals surface area contributed by atoms with E-state index in [1.54, 1.807) is 4.90 Å². The van der Waals surface area contributed by atoms with Gasteiger partial charge in [-0.25, -0.2) is 0 Å². The fraction of sp³-hybridized carbons (Fsp3) is 0.385. The Bertz CT molecular complexity index is 847. The highest BCUT2D eigenvalue weighted by Crippen LogP contribution is 2.50. The number of hydrogen-bond donors (Lipinski definition) is 0. The van der Waals surface area contributed by atoms with Crippen molar-refractivity contribution < 1.29 is 9.59 Å². The third-order valence-corrected chi connectivity index (χ3v) is 7.04. The van der Waals surface area contributed by atoms with Crippen LogP contribution < -0.4 is 0 Å². The second-order valence-electron chi connectivity index (χ2n) is 8.65. The highest BCUT2D eigenvalue weighted by Gasteiger charge is 2.56. The maximum absolute atomic E-state index is 13.7. The summed E-state index contributed by atoms with van der Waals surface area (Å²) in [5.41, 5.74) is 2.24. The maximum atomic E-state index is 13.7. The second-order valence-corrected chi connectivity index (χ2v) is 8.65. The van der Waals surface area contributed by atoms with E-state index in [9.17, 15) is 9.59 Å². The van der Waals surface area contributed by atoms with Crippen molar-refractivity contribution in [1.29, 1.82) is 0 Å². The lowest BCUT2D eigenvalue weighted by atomic mass is 9.68. The number of imide groups is 1. The molecule has 1 heterocycles.